The van der Waals surface area contributed by atoms with Crippen LogP contribution in [0.5, 0.6) is 0 Å². The Morgan fingerprint density at radius 1 is 1.28 bits per heavy atom. The van der Waals surface area contributed by atoms with Crippen LogP contribution in [0.2, 0.25) is 0 Å². The molecule has 4 heteroatoms. The number of carbonyl (C=O) groups is 1. The molecule has 0 radical (unpaired) electrons. The topological polar surface area (TPSA) is 49.8 Å². The first-order chi connectivity index (χ1) is 8.24. The molecule has 0 atom stereocenters. The molecule has 4 nitrogen and oxygen atoms in total. The summed E-state index contributed by atoms with van der Waals surface area (Å²) in [6.07, 6.45) is 1.57. The first-order valence-electron chi connectivity index (χ1n) is 6.80. The predicted octanol–water partition coefficient (Wildman–Crippen LogP) is 1.81. The molecule has 1 aliphatic rings. The molecule has 1 heterocycles. The summed E-state index contributed by atoms with van der Waals surface area (Å²) in [4.78, 5) is 14.2. The van der Waals surface area contributed by atoms with Crippen molar-refractivity contribution in [2.75, 3.05) is 19.8 Å². The minimum absolute atomic E-state index is 0.0371. The summed E-state index contributed by atoms with van der Waals surface area (Å²) in [5, 5.41) is 9.21. The molecular formula is C14H27NO3. The van der Waals surface area contributed by atoms with Gasteiger partial charge in [0.05, 0.1) is 19.1 Å². The summed E-state index contributed by atoms with van der Waals surface area (Å²) in [6.45, 7) is 11.6. The van der Waals surface area contributed by atoms with Crippen LogP contribution in [0.3, 0.4) is 0 Å². The van der Waals surface area contributed by atoms with Crippen LogP contribution in [0, 0.1) is 5.92 Å². The van der Waals surface area contributed by atoms with Crippen LogP contribution in [0.25, 0.3) is 0 Å². The van der Waals surface area contributed by atoms with Gasteiger partial charge in [0.15, 0.2) is 0 Å². The van der Waals surface area contributed by atoms with Gasteiger partial charge in [-0.1, -0.05) is 0 Å². The van der Waals surface area contributed by atoms with Gasteiger partial charge in [-0.25, -0.2) is 0 Å². The van der Waals surface area contributed by atoms with E-state index in [0.29, 0.717) is 13.2 Å². The van der Waals surface area contributed by atoms with Gasteiger partial charge in [0.1, 0.15) is 0 Å². The lowest BCUT2D eigenvalue weighted by molar-refractivity contribution is -0.156. The third kappa shape index (κ3) is 3.23. The lowest BCUT2D eigenvalue weighted by atomic mass is 9.73. The first-order valence-corrected chi connectivity index (χ1v) is 6.80. The van der Waals surface area contributed by atoms with Gasteiger partial charge >= 0.3 is 5.97 Å². The van der Waals surface area contributed by atoms with Gasteiger partial charge < -0.3 is 9.84 Å². The molecule has 0 spiro atoms. The third-order valence-corrected chi connectivity index (χ3v) is 3.90. The number of likely N-dealkylation sites (tertiary alicyclic amines) is 1. The van der Waals surface area contributed by atoms with Crippen molar-refractivity contribution in [3.63, 3.8) is 0 Å². The molecular weight excluding hydrogens is 230 g/mol. The van der Waals surface area contributed by atoms with Gasteiger partial charge in [0.25, 0.3) is 0 Å². The number of aliphatic hydroxyl groups excluding tert-OH is 1. The van der Waals surface area contributed by atoms with Crippen LogP contribution < -0.4 is 0 Å². The van der Waals surface area contributed by atoms with Crippen molar-refractivity contribution < 1.29 is 14.6 Å². The Balaban J connectivity index is 2.87. The number of hydrogen-bond acceptors (Lipinski definition) is 4. The summed E-state index contributed by atoms with van der Waals surface area (Å²) in [5.74, 6) is -0.118. The Morgan fingerprint density at radius 2 is 1.78 bits per heavy atom. The highest BCUT2D eigenvalue weighted by Crippen LogP contribution is 2.41. The second-order valence-corrected chi connectivity index (χ2v) is 6.36. The quantitative estimate of drug-likeness (QED) is 0.780. The fourth-order valence-corrected chi connectivity index (χ4v) is 3.45. The summed E-state index contributed by atoms with van der Waals surface area (Å²) < 4.78 is 5.16. The normalized spacial score (nSPS) is 23.9. The summed E-state index contributed by atoms with van der Waals surface area (Å²) >= 11 is 0. The van der Waals surface area contributed by atoms with E-state index in [2.05, 4.69) is 32.6 Å². The van der Waals surface area contributed by atoms with Gasteiger partial charge in [-0.2, -0.15) is 0 Å². The average molecular weight is 257 g/mol. The first kappa shape index (κ1) is 15.4. The Morgan fingerprint density at radius 3 is 2.17 bits per heavy atom. The van der Waals surface area contributed by atoms with Crippen molar-refractivity contribution in [3.8, 4) is 0 Å². The molecule has 0 aromatic carbocycles. The van der Waals surface area contributed by atoms with Crippen molar-refractivity contribution in [3.05, 3.63) is 0 Å². The van der Waals surface area contributed by atoms with E-state index in [1.54, 1.807) is 0 Å². The highest BCUT2D eigenvalue weighted by atomic mass is 16.5. The summed E-state index contributed by atoms with van der Waals surface area (Å²) in [5.41, 5.74) is -0.191. The Kier molecular flexibility index (Phi) is 4.78. The Labute approximate surface area is 110 Å². The molecule has 0 amide bonds. The molecule has 0 aliphatic carbocycles. The minimum Gasteiger partial charge on any atom is -0.466 e. The highest BCUT2D eigenvalue weighted by Gasteiger charge is 2.47. The van der Waals surface area contributed by atoms with Crippen molar-refractivity contribution in [1.82, 2.24) is 4.90 Å². The molecule has 106 valence electrons. The van der Waals surface area contributed by atoms with Gasteiger partial charge in [-0.05, 0) is 47.5 Å². The number of ether oxygens (including phenoxy) is 1. The zero-order valence-electron chi connectivity index (χ0n) is 12.3. The smallest absolute Gasteiger partial charge is 0.309 e. The molecule has 1 rings (SSSR count). The van der Waals surface area contributed by atoms with Crippen molar-refractivity contribution in [1.29, 1.82) is 0 Å². The second kappa shape index (κ2) is 5.57. The maximum Gasteiger partial charge on any atom is 0.309 e. The maximum atomic E-state index is 11.9. The number of piperidine rings is 1. The highest BCUT2D eigenvalue weighted by molar-refractivity contribution is 5.73. The van der Waals surface area contributed by atoms with Crippen molar-refractivity contribution >= 4 is 5.97 Å². The summed E-state index contributed by atoms with van der Waals surface area (Å²) in [6, 6.07) is 0. The van der Waals surface area contributed by atoms with Crippen LogP contribution in [0.1, 0.15) is 47.5 Å². The van der Waals surface area contributed by atoms with E-state index in [-0.39, 0.29) is 29.6 Å². The zero-order chi connectivity index (χ0) is 14.0. The molecule has 1 aliphatic heterocycles. The predicted molar refractivity (Wildman–Crippen MR) is 71.3 cm³/mol. The number of β-amino-alcohol motifs (C(OH)–C–C–N with tert-alkyl or cyclic N) is 1. The monoisotopic (exact) mass is 257 g/mol. The lowest BCUT2D eigenvalue weighted by Crippen LogP contribution is -2.62. The van der Waals surface area contributed by atoms with Crippen LogP contribution in [-0.2, 0) is 9.53 Å². The number of rotatable bonds is 4. The molecule has 1 saturated heterocycles. The molecule has 0 saturated carbocycles. The largest absolute Gasteiger partial charge is 0.466 e. The third-order valence-electron chi connectivity index (χ3n) is 3.90. The average Bonchev–Trinajstić information content (AvgIpc) is 2.22. The number of esters is 1. The Hall–Kier alpha value is -0.610. The molecule has 1 N–H and O–H groups in total. The standard InChI is InChI=1S/C14H27NO3/c1-6-18-12(17)11-9-13(2,3)15(7-8-16)14(4,5)10-11/h11,16H,6-10H2,1-5H3. The zero-order valence-corrected chi connectivity index (χ0v) is 12.3. The van der Waals surface area contributed by atoms with E-state index in [1.807, 2.05) is 6.92 Å². The molecule has 0 unspecified atom stereocenters. The minimum atomic E-state index is -0.0953. The van der Waals surface area contributed by atoms with E-state index in [9.17, 15) is 9.90 Å². The van der Waals surface area contributed by atoms with Crippen LogP contribution in [0.15, 0.2) is 0 Å². The number of aliphatic hydroxyl groups is 1. The van der Waals surface area contributed by atoms with E-state index >= 15 is 0 Å². The molecule has 0 aromatic heterocycles. The van der Waals surface area contributed by atoms with Gasteiger partial charge in [-0.3, -0.25) is 9.69 Å². The van der Waals surface area contributed by atoms with Crippen molar-refractivity contribution in [2.24, 2.45) is 5.92 Å². The molecule has 1 fully saturated rings. The molecule has 18 heavy (non-hydrogen) atoms. The van der Waals surface area contributed by atoms with Crippen LogP contribution in [-0.4, -0.2) is 46.8 Å². The van der Waals surface area contributed by atoms with Gasteiger partial charge in [0, 0.05) is 17.6 Å². The van der Waals surface area contributed by atoms with Crippen LogP contribution in [0.4, 0.5) is 0 Å². The number of hydrogen-bond donors (Lipinski definition) is 1. The van der Waals surface area contributed by atoms with Gasteiger partial charge in [0.2, 0.25) is 0 Å². The lowest BCUT2D eigenvalue weighted by Gasteiger charge is -2.54. The maximum absolute atomic E-state index is 11.9. The molecule has 0 aromatic rings. The number of carbonyl (C=O) groups excluding carboxylic acids is 1. The van der Waals surface area contributed by atoms with Crippen molar-refractivity contribution in [2.45, 2.75) is 58.5 Å². The molecule has 0 bridgehead atoms. The fourth-order valence-electron chi connectivity index (χ4n) is 3.45. The second-order valence-electron chi connectivity index (χ2n) is 6.36. The summed E-state index contributed by atoms with van der Waals surface area (Å²) in [7, 11) is 0. The number of nitrogens with zero attached hydrogens (tertiary/aromatic N) is 1. The van der Waals surface area contributed by atoms with Gasteiger partial charge in [-0.15, -0.1) is 0 Å². The Bertz CT molecular complexity index is 281. The van der Waals surface area contributed by atoms with E-state index in [1.165, 1.54) is 0 Å². The van der Waals surface area contributed by atoms with E-state index < -0.39 is 0 Å². The van der Waals surface area contributed by atoms with E-state index in [0.717, 1.165) is 12.8 Å². The fraction of sp³-hybridized carbons (Fsp3) is 0.929. The SMILES string of the molecule is CCOC(=O)C1CC(C)(C)N(CCO)C(C)(C)C1. The van der Waals surface area contributed by atoms with E-state index in [4.69, 9.17) is 4.74 Å². The van der Waals surface area contributed by atoms with Crippen LogP contribution >= 0.6 is 0 Å².